The number of nitrogens with one attached hydrogen (secondary N) is 1. The third-order valence-corrected chi connectivity index (χ3v) is 6.12. The minimum absolute atomic E-state index is 0.114. The third-order valence-electron chi connectivity index (χ3n) is 4.74. The molecule has 150 valence electrons. The van der Waals surface area contributed by atoms with Gasteiger partial charge in [0.25, 0.3) is 5.91 Å². The van der Waals surface area contributed by atoms with E-state index < -0.39 is 16.1 Å². The molecule has 0 fully saturated rings. The number of anilines is 1. The molecule has 1 amide bonds. The van der Waals surface area contributed by atoms with Gasteiger partial charge in [-0.25, -0.2) is 8.42 Å². The van der Waals surface area contributed by atoms with E-state index in [9.17, 15) is 13.2 Å². The molecule has 0 radical (unpaired) electrons. The lowest BCUT2D eigenvalue weighted by atomic mass is 10.00. The maximum atomic E-state index is 12.8. The smallest absolute Gasteiger partial charge is 0.263 e. The summed E-state index contributed by atoms with van der Waals surface area (Å²) >= 11 is 6.00. The molecular weight excluding hydrogens is 400 g/mol. The van der Waals surface area contributed by atoms with Crippen LogP contribution in [0.4, 0.5) is 5.69 Å². The predicted molar refractivity (Wildman–Crippen MR) is 111 cm³/mol. The van der Waals surface area contributed by atoms with E-state index in [0.717, 1.165) is 27.3 Å². The maximum Gasteiger partial charge on any atom is 0.263 e. The molecule has 2 atom stereocenters. The van der Waals surface area contributed by atoms with E-state index in [-0.39, 0.29) is 18.5 Å². The van der Waals surface area contributed by atoms with Crippen molar-refractivity contribution in [2.24, 2.45) is 0 Å². The monoisotopic (exact) mass is 422 g/mol. The normalized spacial score (nSPS) is 17.5. The summed E-state index contributed by atoms with van der Waals surface area (Å²) < 4.78 is 31.4. The first-order chi connectivity index (χ1) is 13.1. The number of ether oxygens (including phenoxy) is 1. The van der Waals surface area contributed by atoms with Crippen molar-refractivity contribution < 1.29 is 17.9 Å². The number of sulfonamides is 1. The van der Waals surface area contributed by atoms with E-state index in [0.29, 0.717) is 16.5 Å². The zero-order valence-corrected chi connectivity index (χ0v) is 17.8. The average molecular weight is 423 g/mol. The van der Waals surface area contributed by atoms with Crippen LogP contribution in [0.2, 0.25) is 5.02 Å². The quantitative estimate of drug-likeness (QED) is 0.819. The zero-order chi connectivity index (χ0) is 20.6. The maximum absolute atomic E-state index is 12.8. The Morgan fingerprint density at radius 3 is 2.64 bits per heavy atom. The lowest BCUT2D eigenvalue weighted by Gasteiger charge is -2.34. The number of hydrogen-bond acceptors (Lipinski definition) is 4. The fraction of sp³-hybridized carbons (Fsp3) is 0.350. The highest BCUT2D eigenvalue weighted by Crippen LogP contribution is 2.37. The van der Waals surface area contributed by atoms with Gasteiger partial charge in [-0.2, -0.15) is 0 Å². The Bertz CT molecular complexity index is 1020. The molecule has 0 aromatic heterocycles. The van der Waals surface area contributed by atoms with Gasteiger partial charge in [0.1, 0.15) is 5.75 Å². The van der Waals surface area contributed by atoms with Gasteiger partial charge in [0, 0.05) is 5.02 Å². The van der Waals surface area contributed by atoms with Gasteiger partial charge in [0.2, 0.25) is 10.0 Å². The second-order valence-electron chi connectivity index (χ2n) is 7.10. The lowest BCUT2D eigenvalue weighted by Crippen LogP contribution is -2.50. The van der Waals surface area contributed by atoms with Crippen molar-refractivity contribution in [3.05, 3.63) is 58.1 Å². The van der Waals surface area contributed by atoms with Crippen LogP contribution in [0.5, 0.6) is 5.75 Å². The molecule has 2 aromatic carbocycles. The summed E-state index contributed by atoms with van der Waals surface area (Å²) in [6, 6.07) is 10.5. The van der Waals surface area contributed by atoms with Crippen LogP contribution in [0, 0.1) is 13.8 Å². The Kier molecular flexibility index (Phi) is 5.59. The van der Waals surface area contributed by atoms with Crippen molar-refractivity contribution >= 4 is 33.2 Å². The fourth-order valence-corrected chi connectivity index (χ4v) is 4.36. The van der Waals surface area contributed by atoms with Crippen LogP contribution in [0.25, 0.3) is 0 Å². The summed E-state index contributed by atoms with van der Waals surface area (Å²) in [5, 5.41) is 3.33. The average Bonchev–Trinajstić information content (AvgIpc) is 2.61. The highest BCUT2D eigenvalue weighted by molar-refractivity contribution is 7.92. The molecule has 1 N–H and O–H groups in total. The van der Waals surface area contributed by atoms with Gasteiger partial charge in [-0.15, -0.1) is 0 Å². The lowest BCUT2D eigenvalue weighted by molar-refractivity contribution is -0.128. The Morgan fingerprint density at radius 2 is 1.96 bits per heavy atom. The minimum atomic E-state index is -3.60. The van der Waals surface area contributed by atoms with Gasteiger partial charge < -0.3 is 10.1 Å². The van der Waals surface area contributed by atoms with Crippen LogP contribution in [-0.4, -0.2) is 33.2 Å². The van der Waals surface area contributed by atoms with E-state index in [1.54, 1.807) is 12.1 Å². The predicted octanol–water partition coefficient (Wildman–Crippen LogP) is 3.36. The Labute approximate surface area is 170 Å². The molecule has 1 aliphatic heterocycles. The number of fused-ring (bicyclic) bond motifs is 1. The van der Waals surface area contributed by atoms with Crippen molar-refractivity contribution in [1.82, 2.24) is 5.32 Å². The van der Waals surface area contributed by atoms with Gasteiger partial charge >= 0.3 is 0 Å². The number of amides is 1. The molecule has 0 saturated heterocycles. The number of aryl methyl sites for hydroxylation is 2. The Balaban J connectivity index is 1.84. The SMILES string of the molecule is Cc1ccc(C)c(C(C)NC(=O)C2CN(S(C)(=O)=O)c3cc(Cl)ccc3O2)c1. The van der Waals surface area contributed by atoms with E-state index in [4.69, 9.17) is 16.3 Å². The third kappa shape index (κ3) is 4.25. The molecule has 0 spiro atoms. The van der Waals surface area contributed by atoms with Crippen molar-refractivity contribution in [1.29, 1.82) is 0 Å². The molecule has 0 aliphatic carbocycles. The number of rotatable bonds is 4. The Hall–Kier alpha value is -2.25. The van der Waals surface area contributed by atoms with Crippen LogP contribution in [0.1, 0.15) is 29.7 Å². The first kappa shape index (κ1) is 20.5. The molecule has 6 nitrogen and oxygen atoms in total. The minimum Gasteiger partial charge on any atom is -0.476 e. The number of carbonyl (C=O) groups excluding carboxylic acids is 1. The number of benzene rings is 2. The van der Waals surface area contributed by atoms with Gasteiger partial charge in [-0.05, 0) is 50.1 Å². The molecule has 0 bridgehead atoms. The van der Waals surface area contributed by atoms with E-state index >= 15 is 0 Å². The first-order valence-corrected chi connectivity index (χ1v) is 11.1. The largest absolute Gasteiger partial charge is 0.476 e. The zero-order valence-electron chi connectivity index (χ0n) is 16.2. The van der Waals surface area contributed by atoms with Gasteiger partial charge in [0.05, 0.1) is 24.5 Å². The summed E-state index contributed by atoms with van der Waals surface area (Å²) in [6.45, 7) is 5.76. The van der Waals surface area contributed by atoms with Crippen molar-refractivity contribution in [2.45, 2.75) is 32.9 Å². The molecule has 2 aromatic rings. The van der Waals surface area contributed by atoms with E-state index in [1.165, 1.54) is 6.07 Å². The molecular formula is C20H23ClN2O4S. The van der Waals surface area contributed by atoms with Crippen molar-refractivity contribution in [3.63, 3.8) is 0 Å². The molecule has 8 heteroatoms. The highest BCUT2D eigenvalue weighted by Gasteiger charge is 2.35. The molecule has 1 heterocycles. The van der Waals surface area contributed by atoms with Crippen LogP contribution < -0.4 is 14.4 Å². The fourth-order valence-electron chi connectivity index (χ4n) is 3.29. The molecule has 1 aliphatic rings. The van der Waals surface area contributed by atoms with Gasteiger partial charge in [-0.1, -0.05) is 35.4 Å². The highest BCUT2D eigenvalue weighted by atomic mass is 35.5. The summed E-state index contributed by atoms with van der Waals surface area (Å²) in [4.78, 5) is 12.8. The van der Waals surface area contributed by atoms with Gasteiger partial charge in [0.15, 0.2) is 6.10 Å². The molecule has 28 heavy (non-hydrogen) atoms. The molecule has 3 rings (SSSR count). The second-order valence-corrected chi connectivity index (χ2v) is 9.45. The van der Waals surface area contributed by atoms with Gasteiger partial charge in [-0.3, -0.25) is 9.10 Å². The number of halogens is 1. The van der Waals surface area contributed by atoms with Crippen LogP contribution >= 0.6 is 11.6 Å². The van der Waals surface area contributed by atoms with Crippen LogP contribution in [-0.2, 0) is 14.8 Å². The molecule has 0 saturated carbocycles. The van der Waals surface area contributed by atoms with E-state index in [1.807, 2.05) is 39.0 Å². The summed E-state index contributed by atoms with van der Waals surface area (Å²) in [5.74, 6) is -0.0664. The van der Waals surface area contributed by atoms with Crippen molar-refractivity contribution in [2.75, 3.05) is 17.1 Å². The van der Waals surface area contributed by atoms with Crippen LogP contribution in [0.15, 0.2) is 36.4 Å². The summed E-state index contributed by atoms with van der Waals surface area (Å²) in [7, 11) is -3.60. The standard InChI is InChI=1S/C20H23ClN2O4S/c1-12-5-6-13(2)16(9-12)14(3)22-20(24)19-11-23(28(4,25)26)17-10-15(21)7-8-18(17)27-19/h5-10,14,19H,11H2,1-4H3,(H,22,24). The number of nitrogens with zero attached hydrogens (tertiary/aromatic N) is 1. The van der Waals surface area contributed by atoms with Crippen LogP contribution in [0.3, 0.4) is 0 Å². The summed E-state index contributed by atoms with van der Waals surface area (Å²) in [5.41, 5.74) is 3.52. The second kappa shape index (κ2) is 7.64. The number of hydrogen-bond donors (Lipinski definition) is 1. The van der Waals surface area contributed by atoms with Crippen molar-refractivity contribution in [3.8, 4) is 5.75 Å². The first-order valence-electron chi connectivity index (χ1n) is 8.87. The molecule has 2 unspecified atom stereocenters. The Morgan fingerprint density at radius 1 is 1.25 bits per heavy atom. The summed E-state index contributed by atoms with van der Waals surface area (Å²) in [6.07, 6.45) is 0.132. The topological polar surface area (TPSA) is 75.7 Å². The number of carbonyl (C=O) groups is 1. The van der Waals surface area contributed by atoms with E-state index in [2.05, 4.69) is 5.32 Å².